The Balaban J connectivity index is 2.19. The van der Waals surface area contributed by atoms with E-state index in [4.69, 9.17) is 4.52 Å². The van der Waals surface area contributed by atoms with Crippen molar-refractivity contribution in [3.05, 3.63) is 29.9 Å². The van der Waals surface area contributed by atoms with Crippen LogP contribution in [0.4, 0.5) is 11.6 Å². The van der Waals surface area contributed by atoms with Gasteiger partial charge in [-0.15, -0.1) is 0 Å². The van der Waals surface area contributed by atoms with Crippen molar-refractivity contribution in [3.8, 4) is 0 Å². The summed E-state index contributed by atoms with van der Waals surface area (Å²) in [7, 11) is 1.84. The Morgan fingerprint density at radius 1 is 1.21 bits per heavy atom. The molecule has 0 aromatic carbocycles. The van der Waals surface area contributed by atoms with Gasteiger partial charge in [-0.3, -0.25) is 0 Å². The topological polar surface area (TPSA) is 75.9 Å². The number of nitrogens with one attached hydrogen (secondary N) is 2. The van der Waals surface area contributed by atoms with E-state index in [1.807, 2.05) is 19.2 Å². The minimum Gasteiger partial charge on any atom is -0.373 e. The normalized spacial score (nSPS) is 11.4. The fraction of sp³-hybridized carbons (Fsp3) is 0.462. The Morgan fingerprint density at radius 3 is 2.53 bits per heavy atom. The van der Waals surface area contributed by atoms with Crippen LogP contribution in [0.3, 0.4) is 0 Å². The molecule has 0 bridgehead atoms. The largest absolute Gasteiger partial charge is 0.373 e. The van der Waals surface area contributed by atoms with E-state index < -0.39 is 0 Å². The van der Waals surface area contributed by atoms with Gasteiger partial charge in [-0.2, -0.15) is 0 Å². The quantitative estimate of drug-likeness (QED) is 0.880. The van der Waals surface area contributed by atoms with Gasteiger partial charge < -0.3 is 15.2 Å². The number of rotatable bonds is 4. The third kappa shape index (κ3) is 3.43. The van der Waals surface area contributed by atoms with Crippen LogP contribution in [0, 0.1) is 0 Å². The van der Waals surface area contributed by atoms with Crippen LogP contribution in [0.25, 0.3) is 0 Å². The van der Waals surface area contributed by atoms with Crippen molar-refractivity contribution in [1.82, 2.24) is 15.1 Å². The van der Waals surface area contributed by atoms with Crippen LogP contribution < -0.4 is 10.6 Å². The summed E-state index contributed by atoms with van der Waals surface area (Å²) in [6.07, 6.45) is 1.55. The fourth-order valence-corrected chi connectivity index (χ4v) is 1.51. The third-order valence-corrected chi connectivity index (χ3v) is 2.59. The molecule has 102 valence electrons. The highest BCUT2D eigenvalue weighted by Gasteiger charge is 2.19. The molecule has 6 heteroatoms. The highest BCUT2D eigenvalue weighted by molar-refractivity contribution is 5.47. The lowest BCUT2D eigenvalue weighted by atomic mass is 9.96. The monoisotopic (exact) mass is 261 g/mol. The average molecular weight is 261 g/mol. The van der Waals surface area contributed by atoms with Crippen molar-refractivity contribution in [1.29, 1.82) is 0 Å². The Bertz CT molecular complexity index is 530. The zero-order valence-electron chi connectivity index (χ0n) is 11.7. The summed E-state index contributed by atoms with van der Waals surface area (Å²) in [6.45, 7) is 6.83. The molecule has 0 saturated carbocycles. The predicted octanol–water partition coefficient (Wildman–Crippen LogP) is 2.42. The SMILES string of the molecule is CNc1cc(NCc2ccon2)nc(C(C)(C)C)n1. The molecule has 0 aliphatic rings. The van der Waals surface area contributed by atoms with Gasteiger partial charge in [-0.1, -0.05) is 25.9 Å². The first-order valence-corrected chi connectivity index (χ1v) is 6.19. The molecule has 0 radical (unpaired) electrons. The van der Waals surface area contributed by atoms with Gasteiger partial charge in [0.2, 0.25) is 0 Å². The van der Waals surface area contributed by atoms with E-state index >= 15 is 0 Å². The molecule has 6 nitrogen and oxygen atoms in total. The smallest absolute Gasteiger partial charge is 0.138 e. The number of hydrogen-bond acceptors (Lipinski definition) is 6. The highest BCUT2D eigenvalue weighted by Crippen LogP contribution is 2.22. The Morgan fingerprint density at radius 2 is 1.95 bits per heavy atom. The maximum atomic E-state index is 4.79. The fourth-order valence-electron chi connectivity index (χ4n) is 1.51. The van der Waals surface area contributed by atoms with E-state index in [1.54, 1.807) is 6.26 Å². The molecule has 0 amide bonds. The lowest BCUT2D eigenvalue weighted by Gasteiger charge is -2.18. The van der Waals surface area contributed by atoms with Crippen molar-refractivity contribution < 1.29 is 4.52 Å². The molecule has 0 saturated heterocycles. The van der Waals surface area contributed by atoms with E-state index in [0.29, 0.717) is 6.54 Å². The Kier molecular flexibility index (Phi) is 3.69. The second-order valence-corrected chi connectivity index (χ2v) is 5.31. The third-order valence-electron chi connectivity index (χ3n) is 2.59. The molecule has 0 aliphatic carbocycles. The van der Waals surface area contributed by atoms with Crippen molar-refractivity contribution in [3.63, 3.8) is 0 Å². The molecule has 2 aromatic rings. The maximum absolute atomic E-state index is 4.79. The zero-order chi connectivity index (χ0) is 13.9. The van der Waals surface area contributed by atoms with Gasteiger partial charge in [-0.05, 0) is 0 Å². The van der Waals surface area contributed by atoms with Crippen LogP contribution in [0.1, 0.15) is 32.3 Å². The molecular formula is C13H19N5O. The van der Waals surface area contributed by atoms with E-state index in [2.05, 4.69) is 46.5 Å². The molecule has 0 atom stereocenters. The molecule has 2 rings (SSSR count). The maximum Gasteiger partial charge on any atom is 0.138 e. The molecule has 0 spiro atoms. The molecular weight excluding hydrogens is 242 g/mol. The lowest BCUT2D eigenvalue weighted by Crippen LogP contribution is -2.18. The summed E-state index contributed by atoms with van der Waals surface area (Å²) in [6, 6.07) is 3.69. The van der Waals surface area contributed by atoms with Gasteiger partial charge in [0, 0.05) is 24.6 Å². The van der Waals surface area contributed by atoms with Crippen molar-refractivity contribution in [2.45, 2.75) is 32.7 Å². The minimum atomic E-state index is -0.100. The molecule has 2 N–H and O–H groups in total. The zero-order valence-corrected chi connectivity index (χ0v) is 11.7. The van der Waals surface area contributed by atoms with Crippen molar-refractivity contribution in [2.24, 2.45) is 0 Å². The van der Waals surface area contributed by atoms with Crippen molar-refractivity contribution >= 4 is 11.6 Å². The van der Waals surface area contributed by atoms with E-state index in [0.717, 1.165) is 23.2 Å². The van der Waals surface area contributed by atoms with Crippen LogP contribution in [0.15, 0.2) is 22.9 Å². The average Bonchev–Trinajstić information content (AvgIpc) is 2.88. The summed E-state index contributed by atoms with van der Waals surface area (Å²) in [5, 5.41) is 10.1. The highest BCUT2D eigenvalue weighted by atomic mass is 16.5. The van der Waals surface area contributed by atoms with Crippen LogP contribution in [0.5, 0.6) is 0 Å². The first-order valence-electron chi connectivity index (χ1n) is 6.19. The van der Waals surface area contributed by atoms with Gasteiger partial charge in [0.25, 0.3) is 0 Å². The molecule has 19 heavy (non-hydrogen) atoms. The van der Waals surface area contributed by atoms with E-state index in [9.17, 15) is 0 Å². The van der Waals surface area contributed by atoms with E-state index in [1.165, 1.54) is 0 Å². The molecule has 0 fully saturated rings. The standard InChI is InChI=1S/C13H19N5O/c1-13(2,3)12-16-10(14-4)7-11(17-12)15-8-9-5-6-19-18-9/h5-7H,8H2,1-4H3,(H2,14,15,16,17). The number of anilines is 2. The number of aromatic nitrogens is 3. The number of nitrogens with zero attached hydrogens (tertiary/aromatic N) is 3. The second kappa shape index (κ2) is 5.26. The molecule has 2 aromatic heterocycles. The first-order chi connectivity index (χ1) is 8.99. The van der Waals surface area contributed by atoms with Gasteiger partial charge in [0.15, 0.2) is 0 Å². The van der Waals surface area contributed by atoms with Crippen LogP contribution in [0.2, 0.25) is 0 Å². The molecule has 0 unspecified atom stereocenters. The Hall–Kier alpha value is -2.11. The second-order valence-electron chi connectivity index (χ2n) is 5.31. The van der Waals surface area contributed by atoms with Crippen molar-refractivity contribution in [2.75, 3.05) is 17.7 Å². The van der Waals surface area contributed by atoms with Gasteiger partial charge in [0.05, 0.1) is 6.54 Å². The predicted molar refractivity (Wildman–Crippen MR) is 74.1 cm³/mol. The van der Waals surface area contributed by atoms with Gasteiger partial charge in [-0.25, -0.2) is 9.97 Å². The van der Waals surface area contributed by atoms with Crippen LogP contribution >= 0.6 is 0 Å². The van der Waals surface area contributed by atoms with Crippen LogP contribution in [-0.4, -0.2) is 22.2 Å². The van der Waals surface area contributed by atoms with Gasteiger partial charge in [0.1, 0.15) is 29.4 Å². The summed E-state index contributed by atoms with van der Waals surface area (Å²) in [4.78, 5) is 9.00. The van der Waals surface area contributed by atoms with Gasteiger partial charge >= 0.3 is 0 Å². The lowest BCUT2D eigenvalue weighted by molar-refractivity contribution is 0.412. The molecule has 0 aliphatic heterocycles. The summed E-state index contributed by atoms with van der Waals surface area (Å²) in [5.74, 6) is 2.36. The number of hydrogen-bond donors (Lipinski definition) is 2. The molecule has 2 heterocycles. The van der Waals surface area contributed by atoms with E-state index in [-0.39, 0.29) is 5.41 Å². The first kappa shape index (κ1) is 13.3. The summed E-state index contributed by atoms with van der Waals surface area (Å²) < 4.78 is 4.79. The van der Waals surface area contributed by atoms with Crippen LogP contribution in [-0.2, 0) is 12.0 Å². The summed E-state index contributed by atoms with van der Waals surface area (Å²) in [5.41, 5.74) is 0.735. The summed E-state index contributed by atoms with van der Waals surface area (Å²) >= 11 is 0. The Labute approximate surface area is 112 Å². The minimum absolute atomic E-state index is 0.100.